The molecule has 0 aromatic carbocycles. The predicted octanol–water partition coefficient (Wildman–Crippen LogP) is 0.852. The van der Waals surface area contributed by atoms with Crippen LogP contribution in [0.3, 0.4) is 0 Å². The summed E-state index contributed by atoms with van der Waals surface area (Å²) in [6, 6.07) is 2.04. The third-order valence-electron chi connectivity index (χ3n) is 1.74. The van der Waals surface area contributed by atoms with Crippen LogP contribution in [0.5, 0.6) is 0 Å². The molecule has 0 unspecified atom stereocenters. The van der Waals surface area contributed by atoms with Gasteiger partial charge in [0.05, 0.1) is 18.4 Å². The molecule has 0 bridgehead atoms. The molecule has 3 heteroatoms. The van der Waals surface area contributed by atoms with Crippen molar-refractivity contribution in [2.75, 3.05) is 0 Å². The summed E-state index contributed by atoms with van der Waals surface area (Å²) < 4.78 is 4.89. The number of rotatable bonds is 0. The van der Waals surface area contributed by atoms with Crippen molar-refractivity contribution in [3.63, 3.8) is 0 Å². The molecule has 0 aromatic rings. The van der Waals surface area contributed by atoms with Gasteiger partial charge < -0.3 is 4.74 Å². The van der Waals surface area contributed by atoms with Gasteiger partial charge in [-0.25, -0.2) is 0 Å². The number of esters is 1. The topological polar surface area (TPSA) is 50.1 Å². The van der Waals surface area contributed by atoms with Gasteiger partial charge >= 0.3 is 5.97 Å². The Bertz CT molecular complexity index is 202. The second kappa shape index (κ2) is 1.98. The van der Waals surface area contributed by atoms with Crippen LogP contribution in [0, 0.1) is 17.2 Å². The number of cyclic esters (lactones) is 1. The van der Waals surface area contributed by atoms with Crippen molar-refractivity contribution in [2.45, 2.75) is 25.9 Å². The lowest BCUT2D eigenvalue weighted by atomic mass is 9.93. The van der Waals surface area contributed by atoms with E-state index in [1.807, 2.05) is 6.07 Å². The minimum Gasteiger partial charge on any atom is -0.458 e. The van der Waals surface area contributed by atoms with Crippen molar-refractivity contribution in [1.29, 1.82) is 5.26 Å². The molecule has 1 aliphatic rings. The Kier molecular flexibility index (Phi) is 1.40. The largest absolute Gasteiger partial charge is 0.458 e. The number of nitriles is 1. The monoisotopic (exact) mass is 139 g/mol. The first-order valence-corrected chi connectivity index (χ1v) is 3.18. The van der Waals surface area contributed by atoms with Gasteiger partial charge in [0, 0.05) is 0 Å². The zero-order valence-electron chi connectivity index (χ0n) is 6.05. The molecule has 1 aliphatic heterocycles. The van der Waals surface area contributed by atoms with Crippen molar-refractivity contribution in [3.05, 3.63) is 0 Å². The van der Waals surface area contributed by atoms with E-state index in [0.29, 0.717) is 0 Å². The van der Waals surface area contributed by atoms with E-state index in [9.17, 15) is 4.79 Å². The summed E-state index contributed by atoms with van der Waals surface area (Å²) in [4.78, 5) is 10.7. The number of hydrogen-bond donors (Lipinski definition) is 0. The number of carbonyl (C=O) groups is 1. The Morgan fingerprint density at radius 1 is 1.80 bits per heavy atom. The second-order valence-corrected chi connectivity index (χ2v) is 2.96. The number of nitrogens with zero attached hydrogens (tertiary/aromatic N) is 1. The minimum absolute atomic E-state index is 0.240. The van der Waals surface area contributed by atoms with Gasteiger partial charge in [0.2, 0.25) is 0 Å². The first-order chi connectivity index (χ1) is 4.56. The van der Waals surface area contributed by atoms with E-state index in [1.165, 1.54) is 0 Å². The van der Waals surface area contributed by atoms with E-state index >= 15 is 0 Å². The number of carbonyl (C=O) groups excluding carboxylic acids is 1. The van der Waals surface area contributed by atoms with E-state index in [0.717, 1.165) is 0 Å². The quantitative estimate of drug-likeness (QED) is 0.467. The van der Waals surface area contributed by atoms with E-state index in [2.05, 4.69) is 0 Å². The predicted molar refractivity (Wildman–Crippen MR) is 33.9 cm³/mol. The zero-order valence-corrected chi connectivity index (χ0v) is 6.05. The van der Waals surface area contributed by atoms with E-state index in [1.54, 1.807) is 13.8 Å². The maximum Gasteiger partial charge on any atom is 0.307 e. The maximum atomic E-state index is 10.7. The van der Waals surface area contributed by atoms with Gasteiger partial charge in [-0.3, -0.25) is 4.79 Å². The van der Waals surface area contributed by atoms with Gasteiger partial charge in [0.1, 0.15) is 5.60 Å². The Morgan fingerprint density at radius 3 is 2.60 bits per heavy atom. The van der Waals surface area contributed by atoms with Crippen LogP contribution in [0.2, 0.25) is 0 Å². The van der Waals surface area contributed by atoms with Gasteiger partial charge in [0.25, 0.3) is 0 Å². The summed E-state index contributed by atoms with van der Waals surface area (Å²) in [6.45, 7) is 3.51. The van der Waals surface area contributed by atoms with Crippen LogP contribution in [-0.2, 0) is 9.53 Å². The van der Waals surface area contributed by atoms with E-state index < -0.39 is 5.60 Å². The molecule has 10 heavy (non-hydrogen) atoms. The highest BCUT2D eigenvalue weighted by Crippen LogP contribution is 2.31. The minimum atomic E-state index is -0.578. The third-order valence-corrected chi connectivity index (χ3v) is 1.74. The Labute approximate surface area is 59.6 Å². The van der Waals surface area contributed by atoms with Gasteiger partial charge in [0.15, 0.2) is 0 Å². The van der Waals surface area contributed by atoms with Crippen molar-refractivity contribution in [2.24, 2.45) is 5.92 Å². The highest BCUT2D eigenvalue weighted by molar-refractivity contribution is 5.73. The maximum absolute atomic E-state index is 10.7. The normalized spacial score (nSPS) is 29.3. The van der Waals surface area contributed by atoms with Crippen LogP contribution in [0.1, 0.15) is 20.3 Å². The van der Waals surface area contributed by atoms with E-state index in [4.69, 9.17) is 10.00 Å². The molecule has 0 aliphatic carbocycles. The number of ether oxygens (including phenoxy) is 1. The van der Waals surface area contributed by atoms with Crippen molar-refractivity contribution < 1.29 is 9.53 Å². The average Bonchev–Trinajstić information content (AvgIpc) is 2.04. The molecule has 0 N–H and O–H groups in total. The molecule has 1 saturated heterocycles. The van der Waals surface area contributed by atoms with E-state index in [-0.39, 0.29) is 18.3 Å². The molecule has 54 valence electrons. The molecule has 0 amide bonds. The first kappa shape index (κ1) is 7.07. The zero-order chi connectivity index (χ0) is 7.78. The van der Waals surface area contributed by atoms with Gasteiger partial charge in [-0.15, -0.1) is 0 Å². The highest BCUT2D eigenvalue weighted by Gasteiger charge is 2.41. The van der Waals surface area contributed by atoms with Gasteiger partial charge in [-0.1, -0.05) is 0 Å². The van der Waals surface area contributed by atoms with Crippen LogP contribution < -0.4 is 0 Å². The molecule has 0 spiro atoms. The summed E-state index contributed by atoms with van der Waals surface area (Å²) in [7, 11) is 0. The fraction of sp³-hybridized carbons (Fsp3) is 0.714. The Balaban J connectivity index is 2.79. The molecule has 0 aromatic heterocycles. The highest BCUT2D eigenvalue weighted by atomic mass is 16.6. The third kappa shape index (κ3) is 0.971. The van der Waals surface area contributed by atoms with Gasteiger partial charge in [-0.2, -0.15) is 5.26 Å². The first-order valence-electron chi connectivity index (χ1n) is 3.18. The van der Waals surface area contributed by atoms with Crippen LogP contribution in [0.25, 0.3) is 0 Å². The lowest BCUT2D eigenvalue weighted by molar-refractivity contribution is -0.146. The molecule has 1 fully saturated rings. The molecular formula is C7H9NO2. The lowest BCUT2D eigenvalue weighted by Gasteiger charge is -2.18. The standard InChI is InChI=1S/C7H9NO2/c1-7(2)5(4-8)3-6(9)10-7/h5H,3H2,1-2H3/t5-/m1/s1. The molecule has 0 saturated carbocycles. The Morgan fingerprint density at radius 2 is 2.40 bits per heavy atom. The number of hydrogen-bond acceptors (Lipinski definition) is 3. The van der Waals surface area contributed by atoms with Crippen molar-refractivity contribution in [3.8, 4) is 6.07 Å². The van der Waals surface area contributed by atoms with Crippen LogP contribution in [-0.4, -0.2) is 11.6 Å². The molecule has 3 nitrogen and oxygen atoms in total. The van der Waals surface area contributed by atoms with Crippen molar-refractivity contribution in [1.82, 2.24) is 0 Å². The molecule has 1 rings (SSSR count). The molecule has 0 radical (unpaired) electrons. The van der Waals surface area contributed by atoms with Gasteiger partial charge in [-0.05, 0) is 13.8 Å². The summed E-state index contributed by atoms with van der Waals surface area (Å²) in [5.41, 5.74) is -0.578. The van der Waals surface area contributed by atoms with Crippen molar-refractivity contribution >= 4 is 5.97 Å². The second-order valence-electron chi connectivity index (χ2n) is 2.96. The molecule has 1 heterocycles. The summed E-state index contributed by atoms with van der Waals surface area (Å²) in [6.07, 6.45) is 0.240. The Hall–Kier alpha value is -1.04. The lowest BCUT2D eigenvalue weighted by Crippen LogP contribution is -2.26. The summed E-state index contributed by atoms with van der Waals surface area (Å²) in [5, 5.41) is 8.54. The fourth-order valence-electron chi connectivity index (χ4n) is 1.02. The van der Waals surface area contributed by atoms with Crippen LogP contribution in [0.4, 0.5) is 0 Å². The molecular weight excluding hydrogens is 130 g/mol. The summed E-state index contributed by atoms with van der Waals surface area (Å²) >= 11 is 0. The van der Waals surface area contributed by atoms with Crippen LogP contribution >= 0.6 is 0 Å². The average molecular weight is 139 g/mol. The summed E-state index contributed by atoms with van der Waals surface area (Å²) in [5.74, 6) is -0.545. The SMILES string of the molecule is CC1(C)OC(=O)C[C@@H]1C#N. The smallest absolute Gasteiger partial charge is 0.307 e. The molecule has 1 atom stereocenters. The van der Waals surface area contributed by atoms with Crippen LogP contribution in [0.15, 0.2) is 0 Å². The fourth-order valence-corrected chi connectivity index (χ4v) is 1.02.